The smallest absolute Gasteiger partial charge is 0.225 e. The summed E-state index contributed by atoms with van der Waals surface area (Å²) in [6.45, 7) is 10.0. The maximum absolute atomic E-state index is 13.3. The number of thioether (sulfide) groups is 1. The monoisotopic (exact) mass is 443 g/mol. The number of amides is 1. The van der Waals surface area contributed by atoms with Crippen molar-refractivity contribution in [3.8, 4) is 0 Å². The number of nitrogens with zero attached hydrogens (tertiary/aromatic N) is 1. The Bertz CT molecular complexity index is 829. The van der Waals surface area contributed by atoms with Gasteiger partial charge in [-0.15, -0.1) is 0 Å². The summed E-state index contributed by atoms with van der Waals surface area (Å²) in [7, 11) is -2.19. The van der Waals surface area contributed by atoms with Crippen molar-refractivity contribution in [2.45, 2.75) is 68.5 Å². The fourth-order valence-corrected chi connectivity index (χ4v) is 7.53. The molecule has 1 aromatic carbocycles. The van der Waals surface area contributed by atoms with Gasteiger partial charge < -0.3 is 9.64 Å². The van der Waals surface area contributed by atoms with Crippen LogP contribution in [0.3, 0.4) is 0 Å². The molecule has 1 aromatic rings. The molecule has 2 atom stereocenters. The van der Waals surface area contributed by atoms with Crippen molar-refractivity contribution >= 4 is 44.1 Å². The minimum atomic E-state index is -3.63. The number of hydrogen-bond acceptors (Lipinski definition) is 6. The van der Waals surface area contributed by atoms with Gasteiger partial charge >= 0.3 is 0 Å². The highest BCUT2D eigenvalue weighted by atomic mass is 32.3. The van der Waals surface area contributed by atoms with Gasteiger partial charge in [0.1, 0.15) is 4.58 Å². The minimum absolute atomic E-state index is 0.0230. The number of β-lactam (4-membered cyclic amide) rings is 1. The summed E-state index contributed by atoms with van der Waals surface area (Å²) in [6, 6.07) is 8.37. The van der Waals surface area contributed by atoms with Gasteiger partial charge in [0.25, 0.3) is 0 Å². The highest BCUT2D eigenvalue weighted by Gasteiger charge is 2.51. The van der Waals surface area contributed by atoms with Crippen molar-refractivity contribution < 1.29 is 17.9 Å². The van der Waals surface area contributed by atoms with Crippen LogP contribution in [0.2, 0.25) is 0 Å². The van der Waals surface area contributed by atoms with Crippen molar-refractivity contribution in [1.29, 1.82) is 0 Å². The van der Waals surface area contributed by atoms with Gasteiger partial charge in [0.2, 0.25) is 10.3 Å². The van der Waals surface area contributed by atoms with E-state index in [1.807, 2.05) is 39.5 Å². The summed E-state index contributed by atoms with van der Waals surface area (Å²) in [4.78, 5) is 14.4. The molecule has 1 saturated heterocycles. The summed E-state index contributed by atoms with van der Waals surface area (Å²) in [6.07, 6.45) is 0.782. The molecule has 156 valence electrons. The van der Waals surface area contributed by atoms with Gasteiger partial charge in [-0.3, -0.25) is 4.79 Å². The average molecular weight is 444 g/mol. The molecule has 0 spiro atoms. The largest absolute Gasteiger partial charge is 0.482 e. The van der Waals surface area contributed by atoms with Gasteiger partial charge in [0, 0.05) is 18.0 Å². The number of hydrogen-bond donors (Lipinski definition) is 0. The van der Waals surface area contributed by atoms with E-state index in [1.54, 1.807) is 30.3 Å². The fourth-order valence-electron chi connectivity index (χ4n) is 3.58. The molecule has 2 unspecified atom stereocenters. The van der Waals surface area contributed by atoms with E-state index in [0.29, 0.717) is 12.8 Å². The van der Waals surface area contributed by atoms with E-state index in [-0.39, 0.29) is 26.8 Å². The van der Waals surface area contributed by atoms with E-state index >= 15 is 0 Å². The molecular weight excluding hydrogens is 414 g/mol. The van der Waals surface area contributed by atoms with E-state index in [0.717, 1.165) is 11.8 Å². The lowest BCUT2D eigenvalue weighted by Gasteiger charge is -2.55. The third-order valence-corrected chi connectivity index (χ3v) is 9.16. The van der Waals surface area contributed by atoms with E-state index in [1.165, 1.54) is 7.11 Å². The van der Waals surface area contributed by atoms with Crippen LogP contribution in [0.1, 0.15) is 47.5 Å². The molecule has 1 aliphatic rings. The predicted molar refractivity (Wildman–Crippen MR) is 118 cm³/mol. The minimum Gasteiger partial charge on any atom is -0.482 e. The highest BCUT2D eigenvalue weighted by molar-refractivity contribution is 8.28. The first-order valence-electron chi connectivity index (χ1n) is 9.16. The van der Waals surface area contributed by atoms with Crippen molar-refractivity contribution in [3.63, 3.8) is 0 Å². The Hall–Kier alpha value is -1.12. The Morgan fingerprint density at radius 3 is 2.29 bits per heavy atom. The predicted octanol–water partition coefficient (Wildman–Crippen LogP) is 4.27. The number of carbonyl (C=O) groups is 1. The standard InChI is InChI=1S/C20H29NO4S3/c1-19(2,3)21-15(12-16(21)22)20(4,5)13-17(27-18(26)25-6)28(23,24)14-10-8-7-9-11-14/h7-11,15,17H,12-13H2,1-6H3. The van der Waals surface area contributed by atoms with Gasteiger partial charge in [0.05, 0.1) is 12.0 Å². The summed E-state index contributed by atoms with van der Waals surface area (Å²) in [5.74, 6) is 0.105. The Balaban J connectivity index is 2.35. The molecule has 1 aliphatic heterocycles. The molecule has 28 heavy (non-hydrogen) atoms. The maximum Gasteiger partial charge on any atom is 0.225 e. The van der Waals surface area contributed by atoms with Gasteiger partial charge in [-0.2, -0.15) is 0 Å². The number of rotatable bonds is 6. The Morgan fingerprint density at radius 2 is 1.82 bits per heavy atom. The molecule has 1 fully saturated rings. The normalized spacial score (nSPS) is 19.1. The zero-order chi connectivity index (χ0) is 21.3. The van der Waals surface area contributed by atoms with Crippen LogP contribution < -0.4 is 0 Å². The second kappa shape index (κ2) is 8.32. The van der Waals surface area contributed by atoms with Crippen molar-refractivity contribution in [2.75, 3.05) is 7.11 Å². The van der Waals surface area contributed by atoms with Crippen LogP contribution in [-0.4, -0.2) is 46.9 Å². The molecule has 8 heteroatoms. The second-order valence-corrected chi connectivity index (χ2v) is 12.9. The Kier molecular flexibility index (Phi) is 6.88. The molecule has 0 bridgehead atoms. The van der Waals surface area contributed by atoms with Crippen LogP contribution in [0.4, 0.5) is 0 Å². The van der Waals surface area contributed by atoms with E-state index in [9.17, 15) is 13.2 Å². The maximum atomic E-state index is 13.3. The van der Waals surface area contributed by atoms with Crippen LogP contribution in [-0.2, 0) is 19.4 Å². The number of thiocarbonyl (C=S) groups is 1. The zero-order valence-corrected chi connectivity index (χ0v) is 19.7. The fraction of sp³-hybridized carbons (Fsp3) is 0.600. The van der Waals surface area contributed by atoms with Gasteiger partial charge in [-0.1, -0.05) is 43.8 Å². The molecular formula is C20H29NO4S3. The Morgan fingerprint density at radius 1 is 1.25 bits per heavy atom. The topological polar surface area (TPSA) is 63.7 Å². The molecule has 5 nitrogen and oxygen atoms in total. The quantitative estimate of drug-likeness (QED) is 0.483. The lowest BCUT2D eigenvalue weighted by atomic mass is 9.73. The van der Waals surface area contributed by atoms with Crippen LogP contribution in [0.5, 0.6) is 0 Å². The van der Waals surface area contributed by atoms with E-state index in [4.69, 9.17) is 17.0 Å². The lowest BCUT2D eigenvalue weighted by Crippen LogP contribution is -2.65. The summed E-state index contributed by atoms with van der Waals surface area (Å²) >= 11 is 6.21. The molecule has 0 saturated carbocycles. The van der Waals surface area contributed by atoms with Crippen molar-refractivity contribution in [3.05, 3.63) is 30.3 Å². The van der Waals surface area contributed by atoms with E-state index < -0.39 is 19.8 Å². The zero-order valence-electron chi connectivity index (χ0n) is 17.3. The van der Waals surface area contributed by atoms with Crippen molar-refractivity contribution in [2.24, 2.45) is 5.41 Å². The number of benzene rings is 1. The first-order chi connectivity index (χ1) is 12.8. The summed E-state index contributed by atoms with van der Waals surface area (Å²) in [5, 5.41) is 0. The third-order valence-electron chi connectivity index (χ3n) is 5.08. The second-order valence-electron chi connectivity index (χ2n) is 8.71. The third kappa shape index (κ3) is 4.89. The lowest BCUT2D eigenvalue weighted by molar-refractivity contribution is -0.162. The molecule has 0 N–H and O–H groups in total. The molecule has 1 amide bonds. The molecule has 0 aromatic heterocycles. The van der Waals surface area contributed by atoms with Gasteiger partial charge in [-0.05, 0) is 57.0 Å². The first kappa shape index (κ1) is 23.2. The number of methoxy groups -OCH3 is 1. The summed E-state index contributed by atoms with van der Waals surface area (Å²) < 4.78 is 31.1. The number of sulfone groups is 1. The van der Waals surface area contributed by atoms with Crippen LogP contribution >= 0.6 is 24.0 Å². The summed E-state index contributed by atoms with van der Waals surface area (Å²) in [5.41, 5.74) is -0.718. The van der Waals surface area contributed by atoms with E-state index in [2.05, 4.69) is 0 Å². The first-order valence-corrected chi connectivity index (χ1v) is 12.0. The van der Waals surface area contributed by atoms with Crippen LogP contribution in [0, 0.1) is 5.41 Å². The van der Waals surface area contributed by atoms with Crippen LogP contribution in [0.15, 0.2) is 35.2 Å². The van der Waals surface area contributed by atoms with Gasteiger partial charge in [0.15, 0.2) is 9.84 Å². The highest BCUT2D eigenvalue weighted by Crippen LogP contribution is 2.45. The SMILES string of the molecule is COC(=S)SC(CC(C)(C)C1CC(=O)N1C(C)(C)C)S(=O)(=O)c1ccccc1. The molecule has 1 heterocycles. The number of carbonyl (C=O) groups excluding carboxylic acids is 1. The molecule has 0 radical (unpaired) electrons. The van der Waals surface area contributed by atoms with Gasteiger partial charge in [-0.25, -0.2) is 8.42 Å². The Labute approximate surface area is 178 Å². The molecule has 0 aliphatic carbocycles. The number of likely N-dealkylation sites (tertiary alicyclic amines) is 1. The van der Waals surface area contributed by atoms with Crippen LogP contribution in [0.25, 0.3) is 0 Å². The molecule has 2 rings (SSSR count). The van der Waals surface area contributed by atoms with Crippen molar-refractivity contribution in [1.82, 2.24) is 4.90 Å². The average Bonchev–Trinajstić information content (AvgIpc) is 2.57. The number of ether oxygens (including phenoxy) is 1.